The summed E-state index contributed by atoms with van der Waals surface area (Å²) in [6, 6.07) is 18.5. The number of nitrogens with zero attached hydrogens (tertiary/aromatic N) is 2. The highest BCUT2D eigenvalue weighted by molar-refractivity contribution is 7.89. The average Bonchev–Trinajstić information content (AvgIpc) is 3.25. The molecule has 2 heterocycles. The summed E-state index contributed by atoms with van der Waals surface area (Å²) < 4.78 is 27.2. The van der Waals surface area contributed by atoms with Crippen LogP contribution in [0.4, 0.5) is 5.69 Å². The number of hydrogen-bond acceptors (Lipinski definition) is 4. The maximum atomic E-state index is 12.8. The van der Waals surface area contributed by atoms with Gasteiger partial charge in [-0.3, -0.25) is 4.79 Å². The van der Waals surface area contributed by atoms with E-state index in [-0.39, 0.29) is 17.6 Å². The van der Waals surface area contributed by atoms with Crippen molar-refractivity contribution in [1.82, 2.24) is 9.62 Å². The summed E-state index contributed by atoms with van der Waals surface area (Å²) in [5, 5.41) is 3.05. The highest BCUT2D eigenvalue weighted by atomic mass is 32.2. The number of hydrogen-bond donors (Lipinski definition) is 1. The van der Waals surface area contributed by atoms with E-state index in [1.807, 2.05) is 30.3 Å². The first-order valence-electron chi connectivity index (χ1n) is 12.2. The van der Waals surface area contributed by atoms with Crippen LogP contribution in [0.5, 0.6) is 0 Å². The summed E-state index contributed by atoms with van der Waals surface area (Å²) >= 11 is 0. The van der Waals surface area contributed by atoms with Crippen molar-refractivity contribution in [1.29, 1.82) is 0 Å². The van der Waals surface area contributed by atoms with Gasteiger partial charge < -0.3 is 10.2 Å². The number of sulfonamides is 1. The van der Waals surface area contributed by atoms with E-state index in [0.717, 1.165) is 50.8 Å². The lowest BCUT2D eigenvalue weighted by molar-refractivity contribution is -0.126. The predicted molar refractivity (Wildman–Crippen MR) is 133 cm³/mol. The highest BCUT2D eigenvalue weighted by Crippen LogP contribution is 2.27. The van der Waals surface area contributed by atoms with Crippen molar-refractivity contribution < 1.29 is 13.2 Å². The molecule has 33 heavy (non-hydrogen) atoms. The number of carbonyl (C=O) groups excluding carboxylic acids is 1. The topological polar surface area (TPSA) is 69.7 Å². The van der Waals surface area contributed by atoms with Crippen LogP contribution in [0.1, 0.15) is 36.8 Å². The molecule has 1 fully saturated rings. The Morgan fingerprint density at radius 3 is 2.64 bits per heavy atom. The first kappa shape index (κ1) is 23.8. The molecule has 0 bridgehead atoms. The number of rotatable bonds is 10. The van der Waals surface area contributed by atoms with Crippen LogP contribution in [0, 0.1) is 5.92 Å². The predicted octanol–water partition coefficient (Wildman–Crippen LogP) is 3.23. The molecule has 4 rings (SSSR count). The number of fused-ring (bicyclic) bond motifs is 1. The molecule has 1 N–H and O–H groups in total. The molecule has 1 saturated heterocycles. The van der Waals surface area contributed by atoms with Crippen molar-refractivity contribution in [2.24, 2.45) is 5.92 Å². The number of anilines is 1. The Morgan fingerprint density at radius 1 is 1.00 bits per heavy atom. The second-order valence-electron chi connectivity index (χ2n) is 9.11. The number of para-hydroxylation sites is 1. The molecule has 178 valence electrons. The molecule has 6 nitrogen and oxygen atoms in total. The number of benzene rings is 2. The van der Waals surface area contributed by atoms with E-state index in [9.17, 15) is 13.2 Å². The summed E-state index contributed by atoms with van der Waals surface area (Å²) in [6.45, 7) is 3.40. The Bertz CT molecular complexity index is 1030. The van der Waals surface area contributed by atoms with Gasteiger partial charge in [0.2, 0.25) is 15.9 Å². The number of carbonyl (C=O) groups is 1. The van der Waals surface area contributed by atoms with Crippen LogP contribution in [0.25, 0.3) is 0 Å². The van der Waals surface area contributed by atoms with Crippen LogP contribution in [0.2, 0.25) is 0 Å². The van der Waals surface area contributed by atoms with E-state index in [1.165, 1.54) is 15.6 Å². The van der Waals surface area contributed by atoms with Crippen molar-refractivity contribution in [2.75, 3.05) is 43.4 Å². The van der Waals surface area contributed by atoms with Gasteiger partial charge in [-0.25, -0.2) is 12.7 Å². The van der Waals surface area contributed by atoms with E-state index in [4.69, 9.17) is 0 Å². The van der Waals surface area contributed by atoms with Gasteiger partial charge >= 0.3 is 0 Å². The molecule has 0 aliphatic carbocycles. The van der Waals surface area contributed by atoms with E-state index in [0.29, 0.717) is 26.1 Å². The summed E-state index contributed by atoms with van der Waals surface area (Å²) in [5.74, 6) is -0.135. The first-order chi connectivity index (χ1) is 16.0. The van der Waals surface area contributed by atoms with Gasteiger partial charge in [-0.1, -0.05) is 48.5 Å². The van der Waals surface area contributed by atoms with Crippen molar-refractivity contribution in [3.05, 3.63) is 65.7 Å². The highest BCUT2D eigenvalue weighted by Gasteiger charge is 2.32. The third-order valence-electron chi connectivity index (χ3n) is 6.75. The van der Waals surface area contributed by atoms with E-state index >= 15 is 0 Å². The fourth-order valence-corrected chi connectivity index (χ4v) is 6.49. The minimum Gasteiger partial charge on any atom is -0.371 e. The fourth-order valence-electron chi connectivity index (χ4n) is 4.91. The SMILES string of the molecule is O=C(NCCCN1CCc2ccccc21)[C@H]1CCCN(S(=O)(=O)CCCc2ccccc2)C1. The van der Waals surface area contributed by atoms with Crippen LogP contribution < -0.4 is 10.2 Å². The molecule has 0 saturated carbocycles. The van der Waals surface area contributed by atoms with Gasteiger partial charge in [0.05, 0.1) is 11.7 Å². The molecule has 0 aromatic heterocycles. The lowest BCUT2D eigenvalue weighted by atomic mass is 9.99. The summed E-state index contributed by atoms with van der Waals surface area (Å²) in [6.07, 6.45) is 4.80. The number of nitrogens with one attached hydrogen (secondary N) is 1. The minimum absolute atomic E-state index is 0.0130. The van der Waals surface area contributed by atoms with Gasteiger partial charge in [0, 0.05) is 38.4 Å². The second kappa shape index (κ2) is 11.2. The Kier molecular flexibility index (Phi) is 8.04. The lowest BCUT2D eigenvalue weighted by Gasteiger charge is -2.31. The molecule has 0 radical (unpaired) electrons. The standard InChI is InChI=1S/C26H35N3O3S/c30-26(27-16-8-17-28-19-15-23-12-4-5-14-25(23)28)24-13-6-18-29(21-24)33(31,32)20-7-11-22-9-2-1-3-10-22/h1-5,9-10,12,14,24H,6-8,11,13,15-21H2,(H,27,30)/t24-/m0/s1. The monoisotopic (exact) mass is 469 g/mol. The zero-order valence-electron chi connectivity index (χ0n) is 19.3. The largest absolute Gasteiger partial charge is 0.371 e. The third kappa shape index (κ3) is 6.36. The van der Waals surface area contributed by atoms with Crippen LogP contribution in [-0.4, -0.2) is 57.1 Å². The Labute approximate surface area is 198 Å². The summed E-state index contributed by atoms with van der Waals surface area (Å²) in [5.41, 5.74) is 3.86. The van der Waals surface area contributed by atoms with Gasteiger partial charge in [-0.15, -0.1) is 0 Å². The molecule has 1 atom stereocenters. The molecule has 0 spiro atoms. The summed E-state index contributed by atoms with van der Waals surface area (Å²) in [7, 11) is -3.34. The molecule has 2 aliphatic rings. The number of piperidine rings is 1. The van der Waals surface area contributed by atoms with E-state index < -0.39 is 10.0 Å². The Morgan fingerprint density at radius 2 is 1.79 bits per heavy atom. The first-order valence-corrected chi connectivity index (χ1v) is 13.8. The van der Waals surface area contributed by atoms with Gasteiger partial charge in [0.1, 0.15) is 0 Å². The smallest absolute Gasteiger partial charge is 0.224 e. The quantitative estimate of drug-likeness (QED) is 0.543. The average molecular weight is 470 g/mol. The molecule has 2 aliphatic heterocycles. The van der Waals surface area contributed by atoms with Gasteiger partial charge in [0.15, 0.2) is 0 Å². The molecule has 2 aromatic rings. The zero-order valence-corrected chi connectivity index (χ0v) is 20.1. The second-order valence-corrected chi connectivity index (χ2v) is 11.2. The molecule has 0 unspecified atom stereocenters. The molecular weight excluding hydrogens is 434 g/mol. The summed E-state index contributed by atoms with van der Waals surface area (Å²) in [4.78, 5) is 15.1. The van der Waals surface area contributed by atoms with Gasteiger partial charge in [-0.2, -0.15) is 0 Å². The maximum absolute atomic E-state index is 12.8. The van der Waals surface area contributed by atoms with E-state index in [2.05, 4.69) is 34.5 Å². The maximum Gasteiger partial charge on any atom is 0.224 e. The van der Waals surface area contributed by atoms with E-state index in [1.54, 1.807) is 0 Å². The molecule has 2 aromatic carbocycles. The van der Waals surface area contributed by atoms with Gasteiger partial charge in [-0.05, 0) is 55.7 Å². The van der Waals surface area contributed by atoms with Crippen LogP contribution in [-0.2, 0) is 27.7 Å². The minimum atomic E-state index is -3.34. The van der Waals surface area contributed by atoms with Crippen molar-refractivity contribution in [2.45, 2.75) is 38.5 Å². The number of aryl methyl sites for hydroxylation is 1. The molecular formula is C26H35N3O3S. The Hall–Kier alpha value is -2.38. The molecule has 1 amide bonds. The van der Waals surface area contributed by atoms with Crippen LogP contribution in [0.3, 0.4) is 0 Å². The third-order valence-corrected chi connectivity index (χ3v) is 8.67. The number of amides is 1. The normalized spacial score (nSPS) is 18.8. The van der Waals surface area contributed by atoms with Crippen LogP contribution >= 0.6 is 0 Å². The van der Waals surface area contributed by atoms with Gasteiger partial charge in [0.25, 0.3) is 0 Å². The lowest BCUT2D eigenvalue weighted by Crippen LogP contribution is -2.46. The van der Waals surface area contributed by atoms with Crippen molar-refractivity contribution >= 4 is 21.6 Å². The van der Waals surface area contributed by atoms with Crippen molar-refractivity contribution in [3.63, 3.8) is 0 Å². The van der Waals surface area contributed by atoms with Crippen molar-refractivity contribution in [3.8, 4) is 0 Å². The Balaban J connectivity index is 1.19. The zero-order chi connectivity index (χ0) is 23.1. The fraction of sp³-hybridized carbons (Fsp3) is 0.500. The van der Waals surface area contributed by atoms with Crippen LogP contribution in [0.15, 0.2) is 54.6 Å². The molecule has 7 heteroatoms.